The Hall–Kier alpha value is -1.63. The van der Waals surface area contributed by atoms with Crippen molar-refractivity contribution in [1.29, 1.82) is 0 Å². The van der Waals surface area contributed by atoms with Crippen LogP contribution in [0, 0.1) is 12.8 Å². The number of aromatic nitrogens is 1. The summed E-state index contributed by atoms with van der Waals surface area (Å²) >= 11 is 1.58. The Morgan fingerprint density at radius 1 is 1.76 bits per heavy atom. The molecule has 0 fully saturated rings. The van der Waals surface area contributed by atoms with Crippen LogP contribution in [0.4, 0.5) is 0 Å². The van der Waals surface area contributed by atoms with Gasteiger partial charge in [0, 0.05) is 18.3 Å². The lowest BCUT2D eigenvalue weighted by Crippen LogP contribution is -2.38. The molecule has 1 heterocycles. The highest BCUT2D eigenvalue weighted by atomic mass is 32.1. The summed E-state index contributed by atoms with van der Waals surface area (Å²) < 4.78 is 0. The molecular formula is C10H16N4O2S. The first kappa shape index (κ1) is 13.4. The van der Waals surface area contributed by atoms with Gasteiger partial charge in [-0.3, -0.25) is 4.79 Å². The van der Waals surface area contributed by atoms with Gasteiger partial charge in [0.2, 0.25) is 5.91 Å². The molecule has 1 rings (SSSR count). The van der Waals surface area contributed by atoms with E-state index in [0.29, 0.717) is 13.0 Å². The molecule has 1 aromatic rings. The molecule has 0 saturated heterocycles. The maximum absolute atomic E-state index is 11.5. The van der Waals surface area contributed by atoms with Gasteiger partial charge in [0.1, 0.15) is 0 Å². The first-order valence-corrected chi connectivity index (χ1v) is 6.08. The average Bonchev–Trinajstić information content (AvgIpc) is 2.72. The fourth-order valence-electron chi connectivity index (χ4n) is 1.21. The molecule has 6 nitrogen and oxygen atoms in total. The molecule has 1 aromatic heterocycles. The van der Waals surface area contributed by atoms with Crippen LogP contribution in [0.2, 0.25) is 0 Å². The van der Waals surface area contributed by atoms with Crippen molar-refractivity contribution >= 4 is 23.1 Å². The largest absolute Gasteiger partial charge is 0.409 e. The van der Waals surface area contributed by atoms with E-state index in [-0.39, 0.29) is 11.7 Å². The Kier molecular flexibility index (Phi) is 4.89. The van der Waals surface area contributed by atoms with Crippen molar-refractivity contribution in [3.8, 4) is 0 Å². The van der Waals surface area contributed by atoms with Crippen LogP contribution >= 0.6 is 11.3 Å². The van der Waals surface area contributed by atoms with Crippen LogP contribution in [0.15, 0.2) is 10.5 Å². The smallest absolute Gasteiger partial charge is 0.230 e. The Labute approximate surface area is 104 Å². The number of nitrogens with two attached hydrogens (primary N) is 1. The Morgan fingerprint density at radius 2 is 2.47 bits per heavy atom. The van der Waals surface area contributed by atoms with Gasteiger partial charge >= 0.3 is 0 Å². The average molecular weight is 256 g/mol. The summed E-state index contributed by atoms with van der Waals surface area (Å²) in [4.78, 5) is 15.8. The molecule has 0 aliphatic rings. The van der Waals surface area contributed by atoms with Gasteiger partial charge in [0.25, 0.3) is 0 Å². The Balaban J connectivity index is 2.34. The van der Waals surface area contributed by atoms with Gasteiger partial charge < -0.3 is 16.3 Å². The van der Waals surface area contributed by atoms with E-state index in [4.69, 9.17) is 10.9 Å². The summed E-state index contributed by atoms with van der Waals surface area (Å²) in [7, 11) is 0. The molecule has 17 heavy (non-hydrogen) atoms. The first-order chi connectivity index (χ1) is 8.04. The molecule has 0 aliphatic carbocycles. The van der Waals surface area contributed by atoms with Gasteiger partial charge in [-0.2, -0.15) is 0 Å². The van der Waals surface area contributed by atoms with E-state index >= 15 is 0 Å². The van der Waals surface area contributed by atoms with Crippen LogP contribution < -0.4 is 11.1 Å². The SMILES string of the molecule is Cc1nc(CCNC(=O)C(C)C(N)=NO)cs1. The summed E-state index contributed by atoms with van der Waals surface area (Å²) in [5.74, 6) is -0.976. The molecule has 1 atom stereocenters. The summed E-state index contributed by atoms with van der Waals surface area (Å²) in [5.41, 5.74) is 6.29. The van der Waals surface area contributed by atoms with Crippen LogP contribution in [0.25, 0.3) is 0 Å². The summed E-state index contributed by atoms with van der Waals surface area (Å²) in [6.07, 6.45) is 0.680. The lowest BCUT2D eigenvalue weighted by molar-refractivity contribution is -0.122. The number of carbonyl (C=O) groups is 1. The predicted molar refractivity (Wildman–Crippen MR) is 66.1 cm³/mol. The number of hydrogen-bond donors (Lipinski definition) is 3. The van der Waals surface area contributed by atoms with E-state index in [1.54, 1.807) is 18.3 Å². The van der Waals surface area contributed by atoms with E-state index in [1.165, 1.54) is 0 Å². The normalized spacial score (nSPS) is 13.4. The van der Waals surface area contributed by atoms with Gasteiger partial charge in [-0.05, 0) is 13.8 Å². The lowest BCUT2D eigenvalue weighted by Gasteiger charge is -2.09. The van der Waals surface area contributed by atoms with Gasteiger partial charge in [-0.1, -0.05) is 5.16 Å². The minimum absolute atomic E-state index is 0.0907. The number of nitrogens with zero attached hydrogens (tertiary/aromatic N) is 2. The quantitative estimate of drug-likeness (QED) is 0.309. The number of thiazole rings is 1. The molecule has 4 N–H and O–H groups in total. The van der Waals surface area contributed by atoms with Gasteiger partial charge in [0.15, 0.2) is 5.84 Å². The second-order valence-electron chi connectivity index (χ2n) is 3.65. The van der Waals surface area contributed by atoms with Gasteiger partial charge in [-0.15, -0.1) is 11.3 Å². The molecule has 94 valence electrons. The van der Waals surface area contributed by atoms with Crippen LogP contribution in [-0.4, -0.2) is 28.5 Å². The number of amides is 1. The summed E-state index contributed by atoms with van der Waals surface area (Å²) in [6, 6.07) is 0. The molecule has 1 amide bonds. The van der Waals surface area contributed by atoms with Crippen molar-refractivity contribution in [2.75, 3.05) is 6.54 Å². The Bertz CT molecular complexity index is 416. The van der Waals surface area contributed by atoms with Crippen molar-refractivity contribution in [1.82, 2.24) is 10.3 Å². The zero-order chi connectivity index (χ0) is 12.8. The third kappa shape index (κ3) is 4.03. The van der Waals surface area contributed by atoms with E-state index in [1.807, 2.05) is 12.3 Å². The zero-order valence-electron chi connectivity index (χ0n) is 9.80. The highest BCUT2D eigenvalue weighted by Crippen LogP contribution is 2.07. The number of oxime groups is 1. The van der Waals surface area contributed by atoms with Crippen LogP contribution in [0.1, 0.15) is 17.6 Å². The minimum Gasteiger partial charge on any atom is -0.409 e. The van der Waals surface area contributed by atoms with E-state index < -0.39 is 5.92 Å². The zero-order valence-corrected chi connectivity index (χ0v) is 10.6. The van der Waals surface area contributed by atoms with Crippen LogP contribution in [0.3, 0.4) is 0 Å². The molecule has 0 radical (unpaired) electrons. The van der Waals surface area contributed by atoms with Crippen LogP contribution in [0.5, 0.6) is 0 Å². The molecule has 0 bridgehead atoms. The van der Waals surface area contributed by atoms with Gasteiger partial charge in [-0.25, -0.2) is 4.98 Å². The molecule has 0 saturated carbocycles. The number of rotatable bonds is 5. The van der Waals surface area contributed by atoms with Crippen molar-refractivity contribution in [3.63, 3.8) is 0 Å². The molecule has 0 aliphatic heterocycles. The summed E-state index contributed by atoms with van der Waals surface area (Å²) in [5, 5.41) is 16.9. The maximum Gasteiger partial charge on any atom is 0.230 e. The standard InChI is InChI=1S/C10H16N4O2S/c1-6(9(11)14-16)10(15)12-4-3-8-5-17-7(2)13-8/h5-6,16H,3-4H2,1-2H3,(H2,11,14)(H,12,15). The van der Waals surface area contributed by atoms with Crippen molar-refractivity contribution in [2.24, 2.45) is 16.8 Å². The van der Waals surface area contributed by atoms with E-state index in [9.17, 15) is 4.79 Å². The Morgan fingerprint density at radius 3 is 3.00 bits per heavy atom. The minimum atomic E-state index is -0.628. The molecule has 0 spiro atoms. The molecule has 1 unspecified atom stereocenters. The number of nitrogens with one attached hydrogen (secondary N) is 1. The third-order valence-electron chi connectivity index (χ3n) is 2.30. The van der Waals surface area contributed by atoms with E-state index in [0.717, 1.165) is 10.7 Å². The van der Waals surface area contributed by atoms with Gasteiger partial charge in [0.05, 0.1) is 16.6 Å². The maximum atomic E-state index is 11.5. The second kappa shape index (κ2) is 6.19. The van der Waals surface area contributed by atoms with Crippen molar-refractivity contribution in [2.45, 2.75) is 20.3 Å². The van der Waals surface area contributed by atoms with Crippen molar-refractivity contribution in [3.05, 3.63) is 16.1 Å². The number of amidine groups is 1. The fourth-order valence-corrected chi connectivity index (χ4v) is 1.86. The monoisotopic (exact) mass is 256 g/mol. The van der Waals surface area contributed by atoms with Crippen LogP contribution in [-0.2, 0) is 11.2 Å². The second-order valence-corrected chi connectivity index (χ2v) is 4.71. The number of carbonyl (C=O) groups excluding carboxylic acids is 1. The number of hydrogen-bond acceptors (Lipinski definition) is 5. The predicted octanol–water partition coefficient (Wildman–Crippen LogP) is 0.493. The highest BCUT2D eigenvalue weighted by molar-refractivity contribution is 7.09. The topological polar surface area (TPSA) is 101 Å². The molecular weight excluding hydrogens is 240 g/mol. The van der Waals surface area contributed by atoms with Crippen molar-refractivity contribution < 1.29 is 10.0 Å². The summed E-state index contributed by atoms with van der Waals surface area (Å²) in [6.45, 7) is 4.01. The fraction of sp³-hybridized carbons (Fsp3) is 0.500. The molecule has 0 aromatic carbocycles. The lowest BCUT2D eigenvalue weighted by atomic mass is 10.1. The molecule has 7 heteroatoms. The highest BCUT2D eigenvalue weighted by Gasteiger charge is 2.16. The third-order valence-corrected chi connectivity index (χ3v) is 3.12. The first-order valence-electron chi connectivity index (χ1n) is 5.20. The number of aryl methyl sites for hydroxylation is 1. The van der Waals surface area contributed by atoms with E-state index in [2.05, 4.69) is 15.5 Å².